The molecule has 3 aromatic rings. The number of rotatable bonds is 9. The number of sulfonamides is 1. The molecular weight excluding hydrogens is 456 g/mol. The Bertz CT molecular complexity index is 1260. The number of amides is 1. The van der Waals surface area contributed by atoms with Crippen LogP contribution in [-0.2, 0) is 21.3 Å². The molecule has 0 spiro atoms. The van der Waals surface area contributed by atoms with E-state index in [-0.39, 0.29) is 12.5 Å². The van der Waals surface area contributed by atoms with Crippen LogP contribution in [0.5, 0.6) is 5.75 Å². The molecule has 0 bridgehead atoms. The number of carbonyl (C=O) groups excluding carboxylic acids is 2. The molecule has 9 heteroatoms. The van der Waals surface area contributed by atoms with Crippen molar-refractivity contribution in [3.63, 3.8) is 0 Å². The van der Waals surface area contributed by atoms with E-state index in [4.69, 9.17) is 9.47 Å². The molecule has 0 radical (unpaired) electrons. The Kier molecular flexibility index (Phi) is 7.91. The number of nitrogens with one attached hydrogen (secondary N) is 1. The highest BCUT2D eigenvalue weighted by atomic mass is 32.2. The Morgan fingerprint density at radius 1 is 0.941 bits per heavy atom. The van der Waals surface area contributed by atoms with Gasteiger partial charge in [0.1, 0.15) is 5.75 Å². The highest BCUT2D eigenvalue weighted by Gasteiger charge is 2.18. The molecular formula is C25H26N2O6S. The van der Waals surface area contributed by atoms with E-state index in [1.54, 1.807) is 66.7 Å². The Morgan fingerprint density at radius 3 is 2.21 bits per heavy atom. The summed E-state index contributed by atoms with van der Waals surface area (Å²) < 4.78 is 36.2. The minimum Gasteiger partial charge on any atom is -0.494 e. The number of anilines is 2. The first-order chi connectivity index (χ1) is 16.2. The third-order valence-corrected chi connectivity index (χ3v) is 6.06. The molecule has 8 nitrogen and oxygen atoms in total. The third-order valence-electron chi connectivity index (χ3n) is 4.92. The number of ether oxygens (including phenoxy) is 2. The Labute approximate surface area is 199 Å². The number of benzene rings is 3. The fourth-order valence-electron chi connectivity index (χ4n) is 3.25. The van der Waals surface area contributed by atoms with Crippen molar-refractivity contribution in [3.05, 3.63) is 89.5 Å². The van der Waals surface area contributed by atoms with Crippen molar-refractivity contribution >= 4 is 33.3 Å². The number of hydrogen-bond donors (Lipinski definition) is 1. The van der Waals surface area contributed by atoms with Gasteiger partial charge in [-0.25, -0.2) is 13.2 Å². The van der Waals surface area contributed by atoms with Gasteiger partial charge in [0, 0.05) is 11.3 Å². The molecule has 0 saturated carbocycles. The van der Waals surface area contributed by atoms with E-state index in [1.165, 1.54) is 17.5 Å². The lowest BCUT2D eigenvalue weighted by atomic mass is 10.1. The van der Waals surface area contributed by atoms with Crippen molar-refractivity contribution in [1.82, 2.24) is 0 Å². The van der Waals surface area contributed by atoms with Crippen LogP contribution >= 0.6 is 0 Å². The van der Waals surface area contributed by atoms with Crippen LogP contribution in [0.2, 0.25) is 0 Å². The monoisotopic (exact) mass is 482 g/mol. The van der Waals surface area contributed by atoms with Crippen LogP contribution in [0.1, 0.15) is 33.2 Å². The predicted molar refractivity (Wildman–Crippen MR) is 131 cm³/mol. The van der Waals surface area contributed by atoms with Crippen molar-refractivity contribution in [3.8, 4) is 5.75 Å². The zero-order valence-corrected chi connectivity index (χ0v) is 20.0. The molecule has 3 rings (SSSR count). The molecule has 0 saturated heterocycles. The first-order valence-electron chi connectivity index (χ1n) is 10.5. The lowest BCUT2D eigenvalue weighted by molar-refractivity contribution is 0.0600. The van der Waals surface area contributed by atoms with Gasteiger partial charge >= 0.3 is 5.97 Å². The Hall–Kier alpha value is -3.85. The van der Waals surface area contributed by atoms with Gasteiger partial charge in [-0.05, 0) is 67.1 Å². The van der Waals surface area contributed by atoms with E-state index in [1.807, 2.05) is 6.92 Å². The third kappa shape index (κ3) is 6.35. The molecule has 1 N–H and O–H groups in total. The Balaban J connectivity index is 1.73. The summed E-state index contributed by atoms with van der Waals surface area (Å²) in [7, 11) is -2.26. The van der Waals surface area contributed by atoms with E-state index < -0.39 is 16.0 Å². The highest BCUT2D eigenvalue weighted by Crippen LogP contribution is 2.24. The number of methoxy groups -OCH3 is 1. The molecule has 0 atom stereocenters. The van der Waals surface area contributed by atoms with Gasteiger partial charge in [0.05, 0.1) is 37.8 Å². The van der Waals surface area contributed by atoms with Gasteiger partial charge in [-0.15, -0.1) is 0 Å². The average Bonchev–Trinajstić information content (AvgIpc) is 2.82. The van der Waals surface area contributed by atoms with Crippen molar-refractivity contribution < 1.29 is 27.5 Å². The number of carbonyl (C=O) groups is 2. The summed E-state index contributed by atoms with van der Waals surface area (Å²) in [5.41, 5.74) is 2.39. The van der Waals surface area contributed by atoms with Crippen molar-refractivity contribution in [2.45, 2.75) is 13.5 Å². The molecule has 34 heavy (non-hydrogen) atoms. The summed E-state index contributed by atoms with van der Waals surface area (Å²) in [6.07, 6.45) is 1.15. The van der Waals surface area contributed by atoms with Crippen LogP contribution in [0.3, 0.4) is 0 Å². The first kappa shape index (κ1) is 24.8. The minimum absolute atomic E-state index is 0.107. The van der Waals surface area contributed by atoms with Crippen LogP contribution in [0.25, 0.3) is 0 Å². The smallest absolute Gasteiger partial charge is 0.337 e. The molecule has 178 valence electrons. The number of nitrogens with zero attached hydrogens (tertiary/aromatic N) is 1. The molecule has 0 heterocycles. The molecule has 0 unspecified atom stereocenters. The molecule has 0 aliphatic carbocycles. The van der Waals surface area contributed by atoms with E-state index in [0.717, 1.165) is 6.26 Å². The van der Waals surface area contributed by atoms with E-state index in [2.05, 4.69) is 5.32 Å². The van der Waals surface area contributed by atoms with Crippen molar-refractivity contribution in [2.24, 2.45) is 0 Å². The largest absolute Gasteiger partial charge is 0.494 e. The molecule has 0 aliphatic rings. The molecule has 0 fully saturated rings. The minimum atomic E-state index is -3.55. The second-order valence-corrected chi connectivity index (χ2v) is 9.33. The summed E-state index contributed by atoms with van der Waals surface area (Å²) in [6.45, 7) is 2.50. The van der Waals surface area contributed by atoms with Crippen LogP contribution in [0, 0.1) is 0 Å². The first-order valence-corrected chi connectivity index (χ1v) is 12.4. The van der Waals surface area contributed by atoms with Crippen LogP contribution in [0.15, 0.2) is 72.8 Å². The maximum atomic E-state index is 12.6. The second kappa shape index (κ2) is 10.8. The molecule has 0 aromatic heterocycles. The predicted octanol–water partition coefficient (Wildman–Crippen LogP) is 4.09. The van der Waals surface area contributed by atoms with Gasteiger partial charge in [0.2, 0.25) is 10.0 Å². The molecule has 3 aromatic carbocycles. The van der Waals surface area contributed by atoms with Gasteiger partial charge in [-0.3, -0.25) is 9.10 Å². The Morgan fingerprint density at radius 2 is 1.62 bits per heavy atom. The summed E-state index contributed by atoms with van der Waals surface area (Å²) in [4.78, 5) is 24.3. The maximum absolute atomic E-state index is 12.6. The zero-order valence-electron chi connectivity index (χ0n) is 19.1. The van der Waals surface area contributed by atoms with E-state index in [9.17, 15) is 18.0 Å². The van der Waals surface area contributed by atoms with Gasteiger partial charge in [-0.1, -0.05) is 18.2 Å². The molecule has 0 aliphatic heterocycles. The lowest BCUT2D eigenvalue weighted by Crippen LogP contribution is -2.29. The highest BCUT2D eigenvalue weighted by molar-refractivity contribution is 7.92. The fourth-order valence-corrected chi connectivity index (χ4v) is 4.14. The van der Waals surface area contributed by atoms with Gasteiger partial charge < -0.3 is 14.8 Å². The summed E-state index contributed by atoms with van der Waals surface area (Å²) in [5, 5.41) is 2.74. The lowest BCUT2D eigenvalue weighted by Gasteiger charge is -2.23. The van der Waals surface area contributed by atoms with Gasteiger partial charge in [-0.2, -0.15) is 0 Å². The summed E-state index contributed by atoms with van der Waals surface area (Å²) >= 11 is 0. The van der Waals surface area contributed by atoms with Crippen LogP contribution < -0.4 is 14.4 Å². The second-order valence-electron chi connectivity index (χ2n) is 7.42. The number of hydrogen-bond acceptors (Lipinski definition) is 6. The summed E-state index contributed by atoms with van der Waals surface area (Å²) in [5.74, 6) is -0.198. The quantitative estimate of drug-likeness (QED) is 0.461. The fraction of sp³-hybridized carbons (Fsp3) is 0.200. The maximum Gasteiger partial charge on any atom is 0.337 e. The van der Waals surface area contributed by atoms with Crippen LogP contribution in [-0.4, -0.2) is 40.3 Å². The average molecular weight is 483 g/mol. The van der Waals surface area contributed by atoms with Crippen LogP contribution in [0.4, 0.5) is 11.4 Å². The topological polar surface area (TPSA) is 102 Å². The van der Waals surface area contributed by atoms with Gasteiger partial charge in [0.15, 0.2) is 0 Å². The van der Waals surface area contributed by atoms with E-state index >= 15 is 0 Å². The molecule has 1 amide bonds. The van der Waals surface area contributed by atoms with Crippen molar-refractivity contribution in [1.29, 1.82) is 0 Å². The van der Waals surface area contributed by atoms with Crippen molar-refractivity contribution in [2.75, 3.05) is 29.6 Å². The number of esters is 1. The SMILES string of the molecule is CCOc1ccc(N(Cc2ccc(C(=O)Nc3cccc(C(=O)OC)c3)cc2)S(C)(=O)=O)cc1. The zero-order chi connectivity index (χ0) is 24.7. The van der Waals surface area contributed by atoms with Gasteiger partial charge in [0.25, 0.3) is 5.91 Å². The summed E-state index contributed by atoms with van der Waals surface area (Å²) in [6, 6.07) is 19.9. The van der Waals surface area contributed by atoms with E-state index in [0.29, 0.717) is 40.4 Å². The standard InChI is InChI=1S/C25H26N2O6S/c1-4-33-23-14-12-22(13-15-23)27(34(3,30)31)17-18-8-10-19(11-9-18)24(28)26-21-7-5-6-20(16-21)25(29)32-2/h5-16H,4,17H2,1-3H3,(H,26,28). The normalized spacial score (nSPS) is 10.9.